The van der Waals surface area contributed by atoms with Crippen molar-refractivity contribution in [2.24, 2.45) is 0 Å². The zero-order chi connectivity index (χ0) is 14.5. The number of hydrogen-bond acceptors (Lipinski definition) is 3. The van der Waals surface area contributed by atoms with Crippen LogP contribution in [0.5, 0.6) is 0 Å². The monoisotopic (exact) mass is 293 g/mol. The average Bonchev–Trinajstić information content (AvgIpc) is 2.28. The number of benzene rings is 1. The summed E-state index contributed by atoms with van der Waals surface area (Å²) < 4.78 is 38.2. The van der Waals surface area contributed by atoms with Gasteiger partial charge in [0.2, 0.25) is 0 Å². The van der Waals surface area contributed by atoms with Gasteiger partial charge in [0.25, 0.3) is 0 Å². The van der Waals surface area contributed by atoms with Crippen molar-refractivity contribution in [1.29, 1.82) is 0 Å². The summed E-state index contributed by atoms with van der Waals surface area (Å²) in [6, 6.07) is 5.46. The Bertz CT molecular complexity index is 407. The topological polar surface area (TPSA) is 32.3 Å². The number of hydrogen-bond donors (Lipinski definition) is 2. The zero-order valence-corrected chi connectivity index (χ0v) is 11.7. The van der Waals surface area contributed by atoms with Crippen molar-refractivity contribution in [3.63, 3.8) is 0 Å². The van der Waals surface area contributed by atoms with E-state index in [1.807, 2.05) is 6.26 Å². The highest BCUT2D eigenvalue weighted by atomic mass is 32.2. The lowest BCUT2D eigenvalue weighted by molar-refractivity contribution is -0.138. The molecule has 0 radical (unpaired) electrons. The van der Waals surface area contributed by atoms with Crippen molar-refractivity contribution in [1.82, 2.24) is 5.32 Å². The molecule has 1 aromatic carbocycles. The van der Waals surface area contributed by atoms with E-state index >= 15 is 0 Å². The van der Waals surface area contributed by atoms with Crippen molar-refractivity contribution in [3.05, 3.63) is 35.4 Å². The van der Waals surface area contributed by atoms with Gasteiger partial charge in [-0.15, -0.1) is 0 Å². The molecule has 0 bridgehead atoms. The maximum atomic E-state index is 12.7. The Kier molecular flexibility index (Phi) is 5.70. The lowest BCUT2D eigenvalue weighted by Crippen LogP contribution is -2.39. The predicted molar refractivity (Wildman–Crippen MR) is 72.2 cm³/mol. The van der Waals surface area contributed by atoms with Crippen LogP contribution >= 0.6 is 11.8 Å². The molecule has 6 heteroatoms. The van der Waals surface area contributed by atoms with E-state index in [1.54, 1.807) is 13.0 Å². The van der Waals surface area contributed by atoms with Crippen LogP contribution in [0.25, 0.3) is 0 Å². The third-order valence-corrected chi connectivity index (χ3v) is 3.51. The fourth-order valence-electron chi connectivity index (χ4n) is 1.78. The minimum absolute atomic E-state index is 0.0835. The summed E-state index contributed by atoms with van der Waals surface area (Å²) in [4.78, 5) is 0. The van der Waals surface area contributed by atoms with Crippen LogP contribution in [-0.2, 0) is 12.7 Å². The van der Waals surface area contributed by atoms with Crippen LogP contribution in [0.1, 0.15) is 18.1 Å². The van der Waals surface area contributed by atoms with Crippen LogP contribution < -0.4 is 5.32 Å². The Hall–Kier alpha value is -0.720. The maximum absolute atomic E-state index is 12.7. The van der Waals surface area contributed by atoms with Crippen LogP contribution in [0.2, 0.25) is 0 Å². The van der Waals surface area contributed by atoms with Gasteiger partial charge in [-0.3, -0.25) is 0 Å². The van der Waals surface area contributed by atoms with Crippen LogP contribution in [0.4, 0.5) is 13.2 Å². The molecule has 0 aromatic heterocycles. The van der Waals surface area contributed by atoms with Gasteiger partial charge in [0.05, 0.1) is 11.2 Å². The number of thioether (sulfide) groups is 1. The van der Waals surface area contributed by atoms with Gasteiger partial charge in [-0.2, -0.15) is 24.9 Å². The molecule has 19 heavy (non-hydrogen) atoms. The number of rotatable bonds is 6. The number of nitrogens with one attached hydrogen (secondary N) is 1. The second-order valence-electron chi connectivity index (χ2n) is 4.69. The van der Waals surface area contributed by atoms with Gasteiger partial charge in [0.15, 0.2) is 0 Å². The Morgan fingerprint density at radius 1 is 1.26 bits per heavy atom. The minimum Gasteiger partial charge on any atom is -0.388 e. The van der Waals surface area contributed by atoms with Crippen LogP contribution in [-0.4, -0.2) is 29.3 Å². The summed E-state index contributed by atoms with van der Waals surface area (Å²) in [6.07, 6.45) is -2.48. The standard InChI is InChI=1S/C13H18F3NOS/c1-12(18,9-19-2)8-17-7-10-5-3-4-6-11(10)13(14,15)16/h3-6,17-18H,7-9H2,1-2H3. The molecular formula is C13H18F3NOS. The van der Waals surface area contributed by atoms with E-state index in [9.17, 15) is 18.3 Å². The first-order valence-corrected chi connectivity index (χ1v) is 7.23. The molecule has 0 fully saturated rings. The lowest BCUT2D eigenvalue weighted by Gasteiger charge is -2.23. The van der Waals surface area contributed by atoms with Crippen LogP contribution in [0, 0.1) is 0 Å². The molecular weight excluding hydrogens is 275 g/mol. The van der Waals surface area contributed by atoms with Gasteiger partial charge in [0, 0.05) is 18.8 Å². The summed E-state index contributed by atoms with van der Waals surface area (Å²) in [5, 5.41) is 12.8. The highest BCUT2D eigenvalue weighted by Gasteiger charge is 2.32. The molecule has 108 valence electrons. The van der Waals surface area contributed by atoms with Crippen LogP contribution in [0.15, 0.2) is 24.3 Å². The van der Waals surface area contributed by atoms with E-state index in [1.165, 1.54) is 23.9 Å². The fraction of sp³-hybridized carbons (Fsp3) is 0.538. The molecule has 1 atom stereocenters. The second kappa shape index (κ2) is 6.63. The number of aliphatic hydroxyl groups is 1. The van der Waals surface area contributed by atoms with Gasteiger partial charge in [-0.05, 0) is 24.8 Å². The largest absolute Gasteiger partial charge is 0.416 e. The zero-order valence-electron chi connectivity index (χ0n) is 10.9. The molecule has 0 amide bonds. The van der Waals surface area contributed by atoms with Crippen molar-refractivity contribution < 1.29 is 18.3 Å². The molecule has 0 heterocycles. The Morgan fingerprint density at radius 3 is 2.47 bits per heavy atom. The van der Waals surface area contributed by atoms with E-state index in [0.29, 0.717) is 5.75 Å². The Morgan fingerprint density at radius 2 is 1.89 bits per heavy atom. The lowest BCUT2D eigenvalue weighted by atomic mass is 10.1. The smallest absolute Gasteiger partial charge is 0.388 e. The van der Waals surface area contributed by atoms with E-state index in [0.717, 1.165) is 6.07 Å². The summed E-state index contributed by atoms with van der Waals surface area (Å²) in [5.74, 6) is 0.529. The summed E-state index contributed by atoms with van der Waals surface area (Å²) >= 11 is 1.49. The van der Waals surface area contributed by atoms with Gasteiger partial charge in [-0.25, -0.2) is 0 Å². The van der Waals surface area contributed by atoms with Gasteiger partial charge in [0.1, 0.15) is 0 Å². The van der Waals surface area contributed by atoms with E-state index < -0.39 is 17.3 Å². The molecule has 0 aliphatic heterocycles. The van der Waals surface area contributed by atoms with Crippen molar-refractivity contribution >= 4 is 11.8 Å². The molecule has 2 nitrogen and oxygen atoms in total. The maximum Gasteiger partial charge on any atom is 0.416 e. The van der Waals surface area contributed by atoms with Crippen molar-refractivity contribution in [2.45, 2.75) is 25.2 Å². The van der Waals surface area contributed by atoms with E-state index in [2.05, 4.69) is 5.32 Å². The average molecular weight is 293 g/mol. The van der Waals surface area contributed by atoms with E-state index in [-0.39, 0.29) is 18.7 Å². The molecule has 0 saturated carbocycles. The first-order valence-electron chi connectivity index (χ1n) is 5.83. The molecule has 0 aliphatic carbocycles. The summed E-state index contributed by atoms with van der Waals surface area (Å²) in [6.45, 7) is 1.99. The minimum atomic E-state index is -4.35. The molecule has 1 aromatic rings. The molecule has 2 N–H and O–H groups in total. The van der Waals surface area contributed by atoms with Gasteiger partial charge < -0.3 is 10.4 Å². The second-order valence-corrected chi connectivity index (χ2v) is 5.55. The first-order chi connectivity index (χ1) is 8.76. The summed E-state index contributed by atoms with van der Waals surface area (Å²) in [7, 11) is 0. The molecule has 1 unspecified atom stereocenters. The third-order valence-electron chi connectivity index (χ3n) is 2.60. The van der Waals surface area contributed by atoms with Gasteiger partial charge >= 0.3 is 6.18 Å². The highest BCUT2D eigenvalue weighted by Crippen LogP contribution is 2.31. The first kappa shape index (κ1) is 16.3. The van der Waals surface area contributed by atoms with Crippen LogP contribution in [0.3, 0.4) is 0 Å². The van der Waals surface area contributed by atoms with Crippen molar-refractivity contribution in [3.8, 4) is 0 Å². The molecule has 0 aliphatic rings. The molecule has 0 spiro atoms. The number of halogens is 3. The summed E-state index contributed by atoms with van der Waals surface area (Å²) in [5.41, 5.74) is -1.37. The fourth-order valence-corrected chi connectivity index (χ4v) is 2.50. The quantitative estimate of drug-likeness (QED) is 0.846. The normalized spacial score (nSPS) is 15.3. The third kappa shape index (κ3) is 5.42. The SMILES string of the molecule is CSCC(C)(O)CNCc1ccccc1C(F)(F)F. The Balaban J connectivity index is 2.64. The van der Waals surface area contributed by atoms with Gasteiger partial charge in [-0.1, -0.05) is 18.2 Å². The predicted octanol–water partition coefficient (Wildman–Crippen LogP) is 2.91. The molecule has 0 saturated heterocycles. The van der Waals surface area contributed by atoms with E-state index in [4.69, 9.17) is 0 Å². The highest BCUT2D eigenvalue weighted by molar-refractivity contribution is 7.98. The molecule has 1 rings (SSSR count). The Labute approximate surface area is 115 Å². The number of alkyl halides is 3. The van der Waals surface area contributed by atoms with Crippen molar-refractivity contribution in [2.75, 3.05) is 18.6 Å².